The summed E-state index contributed by atoms with van der Waals surface area (Å²) >= 11 is 0. The molecule has 0 fully saturated rings. The van der Waals surface area contributed by atoms with Gasteiger partial charge in [-0.3, -0.25) is 10.1 Å². The minimum absolute atomic E-state index is 0.0306. The average molecular weight is 588 g/mol. The number of hydrogen-bond donors (Lipinski definition) is 6. The summed E-state index contributed by atoms with van der Waals surface area (Å²) in [6, 6.07) is 13.7. The Labute approximate surface area is 243 Å². The number of fused-ring (bicyclic) bond motifs is 8. The summed E-state index contributed by atoms with van der Waals surface area (Å²) in [5.74, 6) is -3.97. The summed E-state index contributed by atoms with van der Waals surface area (Å²) in [6.45, 7) is 1.81. The number of hydrogen-bond acceptors (Lipinski definition) is 11. The number of non-ortho nitro benzene ring substituents is 1. The standard InChI is InChI=1S/C31H25NO11/c1-13-27-18-10-16(32(39)40)4-7-25(18)42-31(13,15-3-6-20(34)23(37)9-15)43-26-12-21(35)17-11-24(38)29(41-30(17)28(26)27)14-2-5-19(33)22(36)8-14/h2-10,12-13,24,27,29,33-38H,11H2,1H3/t13?,24-,27+,29+,31-/m0/s1. The Kier molecular flexibility index (Phi) is 5.60. The highest BCUT2D eigenvalue weighted by molar-refractivity contribution is 5.66. The number of nitrogens with zero attached hydrogens (tertiary/aromatic N) is 1. The number of phenols is 5. The van der Waals surface area contributed by atoms with Crippen molar-refractivity contribution in [3.63, 3.8) is 0 Å². The van der Waals surface area contributed by atoms with E-state index in [9.17, 15) is 40.8 Å². The Morgan fingerprint density at radius 2 is 1.53 bits per heavy atom. The van der Waals surface area contributed by atoms with Gasteiger partial charge in [-0.2, -0.15) is 0 Å². The number of benzene rings is 4. The van der Waals surface area contributed by atoms with Crippen LogP contribution < -0.4 is 14.2 Å². The van der Waals surface area contributed by atoms with Crippen molar-refractivity contribution in [3.8, 4) is 46.0 Å². The topological polar surface area (TPSA) is 192 Å². The Balaban J connectivity index is 1.47. The Morgan fingerprint density at radius 3 is 2.23 bits per heavy atom. The van der Waals surface area contributed by atoms with Crippen LogP contribution >= 0.6 is 0 Å². The smallest absolute Gasteiger partial charge is 0.281 e. The minimum Gasteiger partial charge on any atom is -0.507 e. The Bertz CT molecular complexity index is 1840. The van der Waals surface area contributed by atoms with Crippen LogP contribution in [0.25, 0.3) is 0 Å². The molecule has 3 aliphatic heterocycles. The zero-order chi connectivity index (χ0) is 30.4. The number of aliphatic hydroxyl groups is 1. The summed E-state index contributed by atoms with van der Waals surface area (Å²) in [5, 5.41) is 74.1. The van der Waals surface area contributed by atoms with Crippen LogP contribution in [0.1, 0.15) is 46.8 Å². The summed E-state index contributed by atoms with van der Waals surface area (Å²) in [4.78, 5) is 11.3. The lowest BCUT2D eigenvalue weighted by Crippen LogP contribution is -2.53. The molecule has 3 aliphatic rings. The van der Waals surface area contributed by atoms with Gasteiger partial charge in [-0.15, -0.1) is 0 Å². The summed E-state index contributed by atoms with van der Waals surface area (Å²) in [6.07, 6.45) is -2.17. The summed E-state index contributed by atoms with van der Waals surface area (Å²) in [5.41, 5.74) is 1.77. The van der Waals surface area contributed by atoms with E-state index in [1.165, 1.54) is 60.7 Å². The number of aromatic hydroxyl groups is 5. The van der Waals surface area contributed by atoms with Crippen molar-refractivity contribution < 1.29 is 49.8 Å². The van der Waals surface area contributed by atoms with Gasteiger partial charge < -0.3 is 44.8 Å². The fourth-order valence-corrected chi connectivity index (χ4v) is 6.45. The molecule has 0 radical (unpaired) electrons. The van der Waals surface area contributed by atoms with Crippen LogP contribution in [0.3, 0.4) is 0 Å². The molecule has 12 heteroatoms. The first-order valence-electron chi connectivity index (χ1n) is 13.4. The molecule has 3 heterocycles. The second-order valence-corrected chi connectivity index (χ2v) is 11.0. The maximum Gasteiger partial charge on any atom is 0.281 e. The van der Waals surface area contributed by atoms with Crippen molar-refractivity contribution >= 4 is 5.69 Å². The van der Waals surface area contributed by atoms with Crippen LogP contribution in [0.5, 0.6) is 46.0 Å². The first-order chi connectivity index (χ1) is 20.5. The van der Waals surface area contributed by atoms with Crippen LogP contribution in [0, 0.1) is 16.0 Å². The van der Waals surface area contributed by atoms with Crippen LogP contribution in [-0.4, -0.2) is 41.7 Å². The quantitative estimate of drug-likeness (QED) is 0.112. The van der Waals surface area contributed by atoms with E-state index in [0.29, 0.717) is 27.8 Å². The van der Waals surface area contributed by atoms with Gasteiger partial charge in [0.05, 0.1) is 11.0 Å². The molecular formula is C31H25NO11. The fraction of sp³-hybridized carbons (Fsp3) is 0.226. The SMILES string of the molecule is CC1[C@@H]2c3cc([N+](=O)[O-])ccc3O[C@]1(c1ccc(O)c(O)c1)Oc1cc(O)c3c(c12)O[C@H](c1ccc(O)c(O)c1)[C@@H](O)C3. The number of ether oxygens (including phenoxy) is 3. The van der Waals surface area contributed by atoms with Crippen LogP contribution in [-0.2, 0) is 12.2 Å². The molecule has 0 saturated heterocycles. The third-order valence-corrected chi connectivity index (χ3v) is 8.55. The third-order valence-electron chi connectivity index (χ3n) is 8.55. The van der Waals surface area contributed by atoms with Gasteiger partial charge in [-0.25, -0.2) is 0 Å². The van der Waals surface area contributed by atoms with E-state index in [1.807, 2.05) is 6.92 Å². The zero-order valence-electron chi connectivity index (χ0n) is 22.5. The second-order valence-electron chi connectivity index (χ2n) is 11.0. The zero-order valence-corrected chi connectivity index (χ0v) is 22.5. The lowest BCUT2D eigenvalue weighted by Gasteiger charge is -2.51. The predicted molar refractivity (Wildman–Crippen MR) is 148 cm³/mol. The number of rotatable bonds is 3. The van der Waals surface area contributed by atoms with E-state index < -0.39 is 46.3 Å². The highest BCUT2D eigenvalue weighted by Crippen LogP contribution is 2.63. The third kappa shape index (κ3) is 3.79. The molecule has 7 rings (SSSR count). The van der Waals surface area contributed by atoms with Gasteiger partial charge in [-0.05, 0) is 42.0 Å². The molecule has 0 aliphatic carbocycles. The lowest BCUT2D eigenvalue weighted by molar-refractivity contribution is -0.385. The summed E-state index contributed by atoms with van der Waals surface area (Å²) < 4.78 is 19.4. The number of nitro groups is 1. The summed E-state index contributed by atoms with van der Waals surface area (Å²) in [7, 11) is 0. The molecule has 5 atom stereocenters. The van der Waals surface area contributed by atoms with Crippen molar-refractivity contribution in [1.82, 2.24) is 0 Å². The number of nitro benzene ring substituents is 1. The molecule has 43 heavy (non-hydrogen) atoms. The van der Waals surface area contributed by atoms with Crippen molar-refractivity contribution in [1.29, 1.82) is 0 Å². The first kappa shape index (κ1) is 26.5. The van der Waals surface area contributed by atoms with E-state index in [4.69, 9.17) is 14.2 Å². The maximum atomic E-state index is 11.8. The molecule has 220 valence electrons. The minimum atomic E-state index is -1.59. The van der Waals surface area contributed by atoms with Gasteiger partial charge in [0.25, 0.3) is 11.5 Å². The second kappa shape index (κ2) is 9.07. The van der Waals surface area contributed by atoms with Crippen LogP contribution in [0.15, 0.2) is 60.7 Å². The highest BCUT2D eigenvalue weighted by atomic mass is 16.7. The van der Waals surface area contributed by atoms with Gasteiger partial charge in [-0.1, -0.05) is 13.0 Å². The van der Waals surface area contributed by atoms with Crippen molar-refractivity contribution in [3.05, 3.63) is 98.6 Å². The molecular weight excluding hydrogens is 562 g/mol. The van der Waals surface area contributed by atoms with Crippen LogP contribution in [0.4, 0.5) is 5.69 Å². The van der Waals surface area contributed by atoms with Crippen molar-refractivity contribution in [2.45, 2.75) is 37.3 Å². The largest absolute Gasteiger partial charge is 0.507 e. The van der Waals surface area contributed by atoms with Gasteiger partial charge in [0.1, 0.15) is 29.1 Å². The molecule has 6 N–H and O–H groups in total. The molecule has 0 aromatic heterocycles. The van der Waals surface area contributed by atoms with Crippen molar-refractivity contribution in [2.75, 3.05) is 0 Å². The monoisotopic (exact) mass is 587 g/mol. The fourth-order valence-electron chi connectivity index (χ4n) is 6.45. The molecule has 4 aromatic carbocycles. The Morgan fingerprint density at radius 1 is 0.837 bits per heavy atom. The van der Waals surface area contributed by atoms with E-state index in [0.717, 1.165) is 0 Å². The van der Waals surface area contributed by atoms with Crippen LogP contribution in [0.2, 0.25) is 0 Å². The van der Waals surface area contributed by atoms with Gasteiger partial charge >= 0.3 is 0 Å². The maximum absolute atomic E-state index is 11.8. The molecule has 2 bridgehead atoms. The number of aliphatic hydroxyl groups excluding tert-OH is 1. The molecule has 0 amide bonds. The Hall–Kier alpha value is -5.36. The number of phenolic OH excluding ortho intramolecular Hbond substituents is 5. The first-order valence-corrected chi connectivity index (χ1v) is 13.4. The average Bonchev–Trinajstić information content (AvgIpc) is 2.96. The molecule has 0 spiro atoms. The van der Waals surface area contributed by atoms with Crippen molar-refractivity contribution in [2.24, 2.45) is 5.92 Å². The van der Waals surface area contributed by atoms with E-state index in [2.05, 4.69) is 0 Å². The van der Waals surface area contributed by atoms with Gasteiger partial charge in [0, 0.05) is 58.7 Å². The molecule has 0 saturated carbocycles. The van der Waals surface area contributed by atoms with E-state index in [1.54, 1.807) is 0 Å². The predicted octanol–water partition coefficient (Wildman–Crippen LogP) is 4.57. The molecule has 4 aromatic rings. The van der Waals surface area contributed by atoms with Gasteiger partial charge in [0.2, 0.25) is 0 Å². The lowest BCUT2D eigenvalue weighted by atomic mass is 9.70. The normalized spacial score (nSPS) is 24.8. The molecule has 1 unspecified atom stereocenters. The van der Waals surface area contributed by atoms with E-state index >= 15 is 0 Å². The molecule has 12 nitrogen and oxygen atoms in total. The van der Waals surface area contributed by atoms with Gasteiger partial charge in [0.15, 0.2) is 23.0 Å². The highest BCUT2D eigenvalue weighted by Gasteiger charge is 2.58. The van der Waals surface area contributed by atoms with E-state index in [-0.39, 0.29) is 46.6 Å².